The first kappa shape index (κ1) is 14.4. The lowest BCUT2D eigenvalue weighted by molar-refractivity contribution is 0.522. The smallest absolute Gasteiger partial charge is 0.264 e. The van der Waals surface area contributed by atoms with Crippen molar-refractivity contribution >= 4 is 15.7 Å². The van der Waals surface area contributed by atoms with Crippen molar-refractivity contribution in [2.45, 2.75) is 11.4 Å². The Labute approximate surface area is 114 Å². The van der Waals surface area contributed by atoms with Gasteiger partial charge in [-0.1, -0.05) is 0 Å². The van der Waals surface area contributed by atoms with E-state index in [0.717, 1.165) is 12.1 Å². The van der Waals surface area contributed by atoms with Crippen molar-refractivity contribution in [1.82, 2.24) is 15.5 Å². The molecule has 0 fully saturated rings. The zero-order valence-electron chi connectivity index (χ0n) is 10.4. The van der Waals surface area contributed by atoms with Gasteiger partial charge in [-0.25, -0.2) is 17.2 Å². The highest BCUT2D eigenvalue weighted by atomic mass is 32.2. The summed E-state index contributed by atoms with van der Waals surface area (Å²) in [7, 11) is -2.65. The maximum atomic E-state index is 14.1. The topological polar surface area (TPSA) is 86.9 Å². The molecule has 1 heterocycles. The summed E-state index contributed by atoms with van der Waals surface area (Å²) in [5.41, 5.74) is -0.175. The van der Waals surface area contributed by atoms with Crippen LogP contribution < -0.4 is 10.0 Å². The van der Waals surface area contributed by atoms with Crippen LogP contribution in [0.3, 0.4) is 0 Å². The van der Waals surface area contributed by atoms with Gasteiger partial charge in [-0.05, 0) is 19.2 Å². The van der Waals surface area contributed by atoms with Gasteiger partial charge in [0.1, 0.15) is 10.7 Å². The van der Waals surface area contributed by atoms with Crippen LogP contribution in [-0.4, -0.2) is 25.7 Å². The summed E-state index contributed by atoms with van der Waals surface area (Å²) < 4.78 is 53.8. The first-order valence-corrected chi connectivity index (χ1v) is 7.07. The minimum absolute atomic E-state index is 0.118. The molecule has 1 aromatic heterocycles. The van der Waals surface area contributed by atoms with E-state index in [1.165, 1.54) is 19.4 Å². The molecule has 20 heavy (non-hydrogen) atoms. The summed E-state index contributed by atoms with van der Waals surface area (Å²) in [5.74, 6) is -1.92. The van der Waals surface area contributed by atoms with Gasteiger partial charge in [-0.15, -0.1) is 0 Å². The maximum Gasteiger partial charge on any atom is 0.264 e. The van der Waals surface area contributed by atoms with E-state index in [4.69, 9.17) is 0 Å². The SMILES string of the molecule is CNCc1c(F)ccc(S(=O)(=O)Nc2cn[nH]c2)c1F. The third-order valence-electron chi connectivity index (χ3n) is 2.54. The molecule has 9 heteroatoms. The second-order valence-electron chi connectivity index (χ2n) is 3.96. The van der Waals surface area contributed by atoms with Gasteiger partial charge in [0, 0.05) is 18.3 Å². The number of anilines is 1. The van der Waals surface area contributed by atoms with E-state index in [9.17, 15) is 17.2 Å². The minimum Gasteiger partial charge on any atom is -0.315 e. The van der Waals surface area contributed by atoms with E-state index in [-0.39, 0.29) is 17.8 Å². The summed E-state index contributed by atoms with van der Waals surface area (Å²) in [6.45, 7) is -0.118. The second kappa shape index (κ2) is 5.55. The summed E-state index contributed by atoms with van der Waals surface area (Å²) in [4.78, 5) is -0.620. The average molecular weight is 302 g/mol. The van der Waals surface area contributed by atoms with E-state index in [1.807, 2.05) is 0 Å². The Bertz CT molecular complexity index is 701. The molecule has 0 spiro atoms. The molecule has 108 valence electrons. The molecular formula is C11H12F2N4O2S. The zero-order chi connectivity index (χ0) is 14.8. The van der Waals surface area contributed by atoms with Crippen molar-refractivity contribution in [2.75, 3.05) is 11.8 Å². The van der Waals surface area contributed by atoms with Gasteiger partial charge in [0.25, 0.3) is 10.0 Å². The number of hydrogen-bond acceptors (Lipinski definition) is 4. The molecule has 0 aliphatic rings. The number of aromatic amines is 1. The first-order valence-electron chi connectivity index (χ1n) is 5.59. The Morgan fingerprint density at radius 1 is 1.35 bits per heavy atom. The van der Waals surface area contributed by atoms with Gasteiger partial charge < -0.3 is 5.32 Å². The van der Waals surface area contributed by atoms with Crippen LogP contribution in [-0.2, 0) is 16.6 Å². The molecule has 0 saturated heterocycles. The molecule has 2 rings (SSSR count). The van der Waals surface area contributed by atoms with E-state index in [0.29, 0.717) is 0 Å². The molecule has 1 aromatic carbocycles. The largest absolute Gasteiger partial charge is 0.315 e. The van der Waals surface area contributed by atoms with Gasteiger partial charge >= 0.3 is 0 Å². The van der Waals surface area contributed by atoms with E-state index in [1.54, 1.807) is 0 Å². The molecule has 0 unspecified atom stereocenters. The molecule has 0 bridgehead atoms. The Morgan fingerprint density at radius 2 is 2.10 bits per heavy atom. The van der Waals surface area contributed by atoms with Crippen LogP contribution in [0.15, 0.2) is 29.4 Å². The van der Waals surface area contributed by atoms with Crippen LogP contribution in [0.2, 0.25) is 0 Å². The van der Waals surface area contributed by atoms with Crippen molar-refractivity contribution in [3.63, 3.8) is 0 Å². The molecule has 2 aromatic rings. The fourth-order valence-electron chi connectivity index (χ4n) is 1.64. The summed E-state index contributed by atoms with van der Waals surface area (Å²) in [6.07, 6.45) is 2.53. The molecule has 3 N–H and O–H groups in total. The number of sulfonamides is 1. The molecule has 0 radical (unpaired) electrons. The van der Waals surface area contributed by atoms with Crippen molar-refractivity contribution in [3.05, 3.63) is 41.7 Å². The number of rotatable bonds is 5. The van der Waals surface area contributed by atoms with Crippen LogP contribution in [0.1, 0.15) is 5.56 Å². The fraction of sp³-hybridized carbons (Fsp3) is 0.182. The van der Waals surface area contributed by atoms with E-state index in [2.05, 4.69) is 20.2 Å². The van der Waals surface area contributed by atoms with E-state index >= 15 is 0 Å². The van der Waals surface area contributed by atoms with Gasteiger partial charge in [0.15, 0.2) is 5.82 Å². The Balaban J connectivity index is 2.44. The standard InChI is InChI=1S/C11H12F2N4O2S/c1-14-6-8-9(12)2-3-10(11(8)13)20(18,19)17-7-4-15-16-5-7/h2-5,14,17H,6H2,1H3,(H,15,16). The second-order valence-corrected chi connectivity index (χ2v) is 5.61. The number of H-pyrrole nitrogens is 1. The third-order valence-corrected chi connectivity index (χ3v) is 3.94. The van der Waals surface area contributed by atoms with Crippen molar-refractivity contribution < 1.29 is 17.2 Å². The lowest BCUT2D eigenvalue weighted by Crippen LogP contribution is -2.17. The lowest BCUT2D eigenvalue weighted by Gasteiger charge is -2.10. The summed E-state index contributed by atoms with van der Waals surface area (Å²) >= 11 is 0. The van der Waals surface area contributed by atoms with Gasteiger partial charge in [0.05, 0.1) is 11.9 Å². The summed E-state index contributed by atoms with van der Waals surface area (Å²) in [6, 6.07) is 1.80. The van der Waals surface area contributed by atoms with Gasteiger partial charge in [-0.2, -0.15) is 5.10 Å². The Morgan fingerprint density at radius 3 is 2.70 bits per heavy atom. The number of benzene rings is 1. The van der Waals surface area contributed by atoms with E-state index < -0.39 is 26.6 Å². The van der Waals surface area contributed by atoms with Crippen molar-refractivity contribution in [3.8, 4) is 0 Å². The quantitative estimate of drug-likeness (QED) is 0.775. The van der Waals surface area contributed by atoms with Crippen molar-refractivity contribution in [1.29, 1.82) is 0 Å². The number of aromatic nitrogens is 2. The first-order chi connectivity index (χ1) is 9.45. The normalized spacial score (nSPS) is 11.6. The maximum absolute atomic E-state index is 14.1. The number of halogens is 2. The highest BCUT2D eigenvalue weighted by molar-refractivity contribution is 7.92. The molecule has 0 atom stereocenters. The molecule has 0 aliphatic carbocycles. The zero-order valence-corrected chi connectivity index (χ0v) is 11.3. The van der Waals surface area contributed by atoms with Gasteiger partial charge in [0.2, 0.25) is 0 Å². The molecule has 0 saturated carbocycles. The highest BCUT2D eigenvalue weighted by Gasteiger charge is 2.23. The van der Waals surface area contributed by atoms with Crippen molar-refractivity contribution in [2.24, 2.45) is 0 Å². The average Bonchev–Trinajstić information content (AvgIpc) is 2.86. The lowest BCUT2D eigenvalue weighted by atomic mass is 10.2. The van der Waals surface area contributed by atoms with Crippen LogP contribution in [0, 0.1) is 11.6 Å². The van der Waals surface area contributed by atoms with Crippen LogP contribution in [0.5, 0.6) is 0 Å². The number of hydrogen-bond donors (Lipinski definition) is 3. The predicted octanol–water partition coefficient (Wildman–Crippen LogP) is 1.21. The monoisotopic (exact) mass is 302 g/mol. The predicted molar refractivity (Wildman–Crippen MR) is 68.5 cm³/mol. The molecule has 6 nitrogen and oxygen atoms in total. The van der Waals surface area contributed by atoms with Crippen LogP contribution >= 0.6 is 0 Å². The fourth-order valence-corrected chi connectivity index (χ4v) is 2.78. The van der Waals surface area contributed by atoms with Crippen LogP contribution in [0.4, 0.5) is 14.5 Å². The molecule has 0 aliphatic heterocycles. The number of nitrogens with zero attached hydrogens (tertiary/aromatic N) is 1. The molecular weight excluding hydrogens is 290 g/mol. The molecule has 0 amide bonds. The third kappa shape index (κ3) is 2.78. The Kier molecular flexibility index (Phi) is 4.00. The van der Waals surface area contributed by atoms with Gasteiger partial charge in [-0.3, -0.25) is 9.82 Å². The van der Waals surface area contributed by atoms with Crippen LogP contribution in [0.25, 0.3) is 0 Å². The highest BCUT2D eigenvalue weighted by Crippen LogP contribution is 2.23. The minimum atomic E-state index is -4.15. The number of nitrogens with one attached hydrogen (secondary N) is 3. The summed E-state index contributed by atoms with van der Waals surface area (Å²) in [5, 5.41) is 8.57. The Hall–Kier alpha value is -2.00.